The summed E-state index contributed by atoms with van der Waals surface area (Å²) < 4.78 is 4.66. The van der Waals surface area contributed by atoms with E-state index in [1.807, 2.05) is 0 Å². The minimum atomic E-state index is -0.802. The topological polar surface area (TPSA) is 92.4 Å². The Kier molecular flexibility index (Phi) is 3.96. The first-order valence-corrected chi connectivity index (χ1v) is 6.06. The number of carbonyl (C=O) groups is 2. The molecule has 1 amide bonds. The van der Waals surface area contributed by atoms with Gasteiger partial charge in [0.05, 0.1) is 12.5 Å². The van der Waals surface area contributed by atoms with Gasteiger partial charge in [0.15, 0.2) is 0 Å². The Hall–Kier alpha value is -1.85. The van der Waals surface area contributed by atoms with Crippen molar-refractivity contribution in [2.75, 3.05) is 0 Å². The lowest BCUT2D eigenvalue weighted by Gasteiger charge is -2.25. The average Bonchev–Trinajstić information content (AvgIpc) is 2.89. The van der Waals surface area contributed by atoms with Crippen LogP contribution in [0, 0.1) is 11.8 Å². The van der Waals surface area contributed by atoms with E-state index in [9.17, 15) is 9.59 Å². The van der Waals surface area contributed by atoms with E-state index < -0.39 is 5.97 Å². The summed E-state index contributed by atoms with van der Waals surface area (Å²) in [6.07, 6.45) is 4.10. The minimum absolute atomic E-state index is 0.0936. The number of aromatic nitrogens is 1. The van der Waals surface area contributed by atoms with Crippen LogP contribution in [0.4, 0.5) is 0 Å². The molecule has 1 saturated carbocycles. The van der Waals surface area contributed by atoms with Crippen LogP contribution in [0.2, 0.25) is 0 Å². The van der Waals surface area contributed by atoms with Gasteiger partial charge in [-0.3, -0.25) is 9.59 Å². The van der Waals surface area contributed by atoms with Crippen molar-refractivity contribution in [2.24, 2.45) is 11.8 Å². The maximum absolute atomic E-state index is 11.9. The summed E-state index contributed by atoms with van der Waals surface area (Å²) in [7, 11) is 0. The van der Waals surface area contributed by atoms with Gasteiger partial charge in [-0.15, -0.1) is 0 Å². The van der Waals surface area contributed by atoms with Crippen LogP contribution in [0.1, 0.15) is 31.4 Å². The zero-order valence-electron chi connectivity index (χ0n) is 9.96. The lowest BCUT2D eigenvalue weighted by atomic mass is 9.81. The van der Waals surface area contributed by atoms with Gasteiger partial charge in [0.1, 0.15) is 12.0 Å². The summed E-state index contributed by atoms with van der Waals surface area (Å²) in [5.41, 5.74) is 0.661. The molecule has 1 heterocycles. The Morgan fingerprint density at radius 3 is 2.89 bits per heavy atom. The molecule has 1 aliphatic rings. The van der Waals surface area contributed by atoms with E-state index in [1.165, 1.54) is 6.26 Å². The van der Waals surface area contributed by atoms with Crippen LogP contribution in [0.15, 0.2) is 16.9 Å². The number of carbonyl (C=O) groups excluding carboxylic acids is 1. The van der Waals surface area contributed by atoms with Crippen LogP contribution < -0.4 is 5.32 Å². The third-order valence-electron chi connectivity index (χ3n) is 3.33. The second-order valence-electron chi connectivity index (χ2n) is 4.61. The number of nitrogens with zero attached hydrogens (tertiary/aromatic N) is 1. The first-order chi connectivity index (χ1) is 8.66. The molecule has 6 nitrogen and oxygen atoms in total. The lowest BCUT2D eigenvalue weighted by molar-refractivity contribution is -0.144. The highest BCUT2D eigenvalue weighted by Crippen LogP contribution is 2.29. The van der Waals surface area contributed by atoms with Gasteiger partial charge < -0.3 is 14.9 Å². The third kappa shape index (κ3) is 3.09. The van der Waals surface area contributed by atoms with Crippen LogP contribution in [0.3, 0.4) is 0 Å². The molecule has 18 heavy (non-hydrogen) atoms. The fourth-order valence-electron chi connectivity index (χ4n) is 2.30. The number of nitrogens with one attached hydrogen (secondary N) is 1. The lowest BCUT2D eigenvalue weighted by Crippen LogP contribution is -2.35. The molecule has 0 aromatic carbocycles. The van der Waals surface area contributed by atoms with Gasteiger partial charge >= 0.3 is 5.97 Å². The van der Waals surface area contributed by atoms with Crippen LogP contribution in [0.25, 0.3) is 0 Å². The average molecular weight is 252 g/mol. The normalized spacial score (nSPS) is 23.6. The summed E-state index contributed by atoms with van der Waals surface area (Å²) in [4.78, 5) is 22.8. The van der Waals surface area contributed by atoms with Crippen molar-refractivity contribution in [3.63, 3.8) is 0 Å². The third-order valence-corrected chi connectivity index (χ3v) is 3.33. The van der Waals surface area contributed by atoms with Gasteiger partial charge in [0.25, 0.3) is 0 Å². The molecule has 2 atom stereocenters. The molecule has 0 radical (unpaired) electrons. The van der Waals surface area contributed by atoms with Gasteiger partial charge in [0, 0.05) is 12.0 Å². The number of amides is 1. The number of rotatable bonds is 4. The highest BCUT2D eigenvalue weighted by Gasteiger charge is 2.30. The highest BCUT2D eigenvalue weighted by atomic mass is 16.5. The number of carboxylic acid groups (broad SMARTS) is 1. The molecule has 2 rings (SSSR count). The highest BCUT2D eigenvalue weighted by molar-refractivity contribution is 5.80. The largest absolute Gasteiger partial charge is 0.481 e. The van der Waals surface area contributed by atoms with Gasteiger partial charge in [-0.05, 0) is 19.3 Å². The van der Waals surface area contributed by atoms with E-state index in [2.05, 4.69) is 15.0 Å². The van der Waals surface area contributed by atoms with Gasteiger partial charge in [-0.2, -0.15) is 0 Å². The quantitative estimate of drug-likeness (QED) is 0.839. The zero-order chi connectivity index (χ0) is 13.0. The molecule has 0 spiro atoms. The Bertz CT molecular complexity index is 416. The predicted octanol–water partition coefficient (Wildman–Crippen LogP) is 1.18. The molecule has 1 aliphatic carbocycles. The zero-order valence-corrected chi connectivity index (χ0v) is 9.96. The summed E-state index contributed by atoms with van der Waals surface area (Å²) in [5.74, 6) is -1.48. The minimum Gasteiger partial charge on any atom is -0.481 e. The molecule has 6 heteroatoms. The van der Waals surface area contributed by atoms with Crippen LogP contribution >= 0.6 is 0 Å². The smallest absolute Gasteiger partial charge is 0.306 e. The summed E-state index contributed by atoms with van der Waals surface area (Å²) in [6, 6.07) is 1.68. The van der Waals surface area contributed by atoms with Crippen molar-refractivity contribution < 1.29 is 19.2 Å². The predicted molar refractivity (Wildman–Crippen MR) is 61.4 cm³/mol. The summed E-state index contributed by atoms with van der Waals surface area (Å²) in [6.45, 7) is 0.323. The van der Waals surface area contributed by atoms with E-state index in [0.29, 0.717) is 25.1 Å². The number of hydrogen-bond donors (Lipinski definition) is 2. The van der Waals surface area contributed by atoms with Crippen molar-refractivity contribution in [1.82, 2.24) is 10.5 Å². The van der Waals surface area contributed by atoms with Crippen LogP contribution in [0.5, 0.6) is 0 Å². The first-order valence-electron chi connectivity index (χ1n) is 6.06. The molecule has 0 aliphatic heterocycles. The molecular formula is C12H16N2O4. The Morgan fingerprint density at radius 1 is 1.44 bits per heavy atom. The molecule has 2 unspecified atom stereocenters. The maximum Gasteiger partial charge on any atom is 0.306 e. The maximum atomic E-state index is 11.9. The SMILES string of the molecule is O=C(O)C1CCCC(C(=O)NCc2ccon2)C1. The monoisotopic (exact) mass is 252 g/mol. The molecule has 1 aromatic heterocycles. The number of hydrogen-bond acceptors (Lipinski definition) is 4. The van der Waals surface area contributed by atoms with Crippen LogP contribution in [-0.4, -0.2) is 22.1 Å². The van der Waals surface area contributed by atoms with Crippen molar-refractivity contribution >= 4 is 11.9 Å². The van der Waals surface area contributed by atoms with Gasteiger partial charge in [0.2, 0.25) is 5.91 Å². The summed E-state index contributed by atoms with van der Waals surface area (Å²) in [5, 5.41) is 15.4. The Labute approximate surface area is 104 Å². The molecular weight excluding hydrogens is 236 g/mol. The molecule has 2 N–H and O–H groups in total. The van der Waals surface area contributed by atoms with E-state index >= 15 is 0 Å². The van der Waals surface area contributed by atoms with Crippen molar-refractivity contribution in [1.29, 1.82) is 0 Å². The molecule has 98 valence electrons. The Balaban J connectivity index is 1.83. The number of aliphatic carboxylic acids is 1. The number of carboxylic acids is 1. The van der Waals surface area contributed by atoms with Gasteiger partial charge in [-0.25, -0.2) is 0 Å². The van der Waals surface area contributed by atoms with Crippen molar-refractivity contribution in [3.8, 4) is 0 Å². The van der Waals surface area contributed by atoms with Gasteiger partial charge in [-0.1, -0.05) is 11.6 Å². The molecule has 1 fully saturated rings. The van der Waals surface area contributed by atoms with Crippen molar-refractivity contribution in [3.05, 3.63) is 18.0 Å². The van der Waals surface area contributed by atoms with E-state index in [-0.39, 0.29) is 17.7 Å². The first kappa shape index (κ1) is 12.6. The van der Waals surface area contributed by atoms with E-state index in [0.717, 1.165) is 12.8 Å². The standard InChI is InChI=1S/C12H16N2O4/c15-11(13-7-10-4-5-18-14-10)8-2-1-3-9(6-8)12(16)17/h4-5,8-9H,1-3,6-7H2,(H,13,15)(H,16,17). The second kappa shape index (κ2) is 5.66. The van der Waals surface area contributed by atoms with E-state index in [1.54, 1.807) is 6.07 Å². The Morgan fingerprint density at radius 2 is 2.22 bits per heavy atom. The molecule has 0 saturated heterocycles. The summed E-state index contributed by atoms with van der Waals surface area (Å²) >= 11 is 0. The second-order valence-corrected chi connectivity index (χ2v) is 4.61. The van der Waals surface area contributed by atoms with E-state index in [4.69, 9.17) is 5.11 Å². The fourth-order valence-corrected chi connectivity index (χ4v) is 2.30. The van der Waals surface area contributed by atoms with Crippen molar-refractivity contribution in [2.45, 2.75) is 32.2 Å². The molecule has 0 bridgehead atoms. The molecule has 1 aromatic rings. The van der Waals surface area contributed by atoms with Crippen LogP contribution in [-0.2, 0) is 16.1 Å². The fraction of sp³-hybridized carbons (Fsp3) is 0.583.